The summed E-state index contributed by atoms with van der Waals surface area (Å²) in [4.78, 5) is 0. The highest BCUT2D eigenvalue weighted by atomic mass is 16.6. The second-order valence-corrected chi connectivity index (χ2v) is 8.71. The van der Waals surface area contributed by atoms with Gasteiger partial charge in [0.05, 0.1) is 6.10 Å². The van der Waals surface area contributed by atoms with Gasteiger partial charge < -0.3 is 9.84 Å². The molecule has 3 rings (SSSR count). The molecule has 1 N–H and O–H groups in total. The second-order valence-electron chi connectivity index (χ2n) is 8.71. The van der Waals surface area contributed by atoms with Crippen LogP contribution in [0.25, 0.3) is 0 Å². The third kappa shape index (κ3) is 2.39. The Labute approximate surface area is 135 Å². The van der Waals surface area contributed by atoms with Crippen molar-refractivity contribution >= 4 is 0 Å². The lowest BCUT2D eigenvalue weighted by Gasteiger charge is -2.55. The number of ether oxygens (including phenoxy) is 1. The van der Waals surface area contributed by atoms with Crippen molar-refractivity contribution in [2.24, 2.45) is 22.7 Å². The van der Waals surface area contributed by atoms with Gasteiger partial charge in [0.15, 0.2) is 6.29 Å². The van der Waals surface area contributed by atoms with E-state index >= 15 is 0 Å². The summed E-state index contributed by atoms with van der Waals surface area (Å²) >= 11 is 0. The Hall–Kier alpha value is -0.600. The molecule has 0 amide bonds. The van der Waals surface area contributed by atoms with E-state index in [1.165, 1.54) is 36.8 Å². The van der Waals surface area contributed by atoms with E-state index in [0.717, 1.165) is 12.8 Å². The lowest BCUT2D eigenvalue weighted by molar-refractivity contribution is -0.138. The predicted molar refractivity (Wildman–Crippen MR) is 90.3 cm³/mol. The topological polar surface area (TPSA) is 29.5 Å². The van der Waals surface area contributed by atoms with Crippen molar-refractivity contribution in [3.8, 4) is 0 Å². The molecule has 0 radical (unpaired) electrons. The van der Waals surface area contributed by atoms with Gasteiger partial charge in [0, 0.05) is 6.42 Å². The van der Waals surface area contributed by atoms with Gasteiger partial charge in [-0.1, -0.05) is 39.8 Å². The predicted octanol–water partition coefficient (Wildman–Crippen LogP) is 4.84. The first kappa shape index (κ1) is 16.3. The molecule has 0 spiro atoms. The van der Waals surface area contributed by atoms with E-state index in [2.05, 4.69) is 34.3 Å². The van der Waals surface area contributed by atoms with Gasteiger partial charge in [-0.3, -0.25) is 0 Å². The van der Waals surface area contributed by atoms with Crippen molar-refractivity contribution in [2.75, 3.05) is 0 Å². The zero-order valence-corrected chi connectivity index (χ0v) is 14.7. The average Bonchev–Trinajstić information content (AvgIpc) is 2.56. The van der Waals surface area contributed by atoms with E-state index in [1.54, 1.807) is 0 Å². The van der Waals surface area contributed by atoms with Crippen LogP contribution in [-0.2, 0) is 4.74 Å². The fourth-order valence-electron chi connectivity index (χ4n) is 5.90. The monoisotopic (exact) mass is 304 g/mol. The number of aliphatic hydroxyl groups is 1. The largest absolute Gasteiger partial charge is 0.368 e. The zero-order valence-electron chi connectivity index (χ0n) is 14.7. The van der Waals surface area contributed by atoms with Crippen molar-refractivity contribution < 1.29 is 9.84 Å². The van der Waals surface area contributed by atoms with Gasteiger partial charge in [0.2, 0.25) is 0 Å². The van der Waals surface area contributed by atoms with Gasteiger partial charge in [0.25, 0.3) is 0 Å². The smallest absolute Gasteiger partial charge is 0.155 e. The molecule has 2 aliphatic carbocycles. The van der Waals surface area contributed by atoms with E-state index in [-0.39, 0.29) is 11.5 Å². The molecule has 2 nitrogen and oxygen atoms in total. The molecule has 1 saturated heterocycles. The van der Waals surface area contributed by atoms with Crippen LogP contribution in [0.3, 0.4) is 0 Å². The molecule has 0 bridgehead atoms. The Morgan fingerprint density at radius 2 is 2.00 bits per heavy atom. The summed E-state index contributed by atoms with van der Waals surface area (Å²) in [6.45, 7) is 13.4. The summed E-state index contributed by atoms with van der Waals surface area (Å²) in [6.07, 6.45) is 8.33. The highest BCUT2D eigenvalue weighted by Crippen LogP contribution is 2.61. The third-order valence-electron chi connectivity index (χ3n) is 7.13. The maximum absolute atomic E-state index is 10.5. The molecule has 2 heteroatoms. The highest BCUT2D eigenvalue weighted by molar-refractivity contribution is 5.30. The Kier molecular flexibility index (Phi) is 4.06. The zero-order chi connectivity index (χ0) is 16.1. The first-order valence-corrected chi connectivity index (χ1v) is 8.95. The van der Waals surface area contributed by atoms with Crippen molar-refractivity contribution in [3.05, 3.63) is 23.8 Å². The SMILES string of the molecule is C=CC1=C(C)[C@H]2O[C@H](O)C[C@@H]3C(C)(C)CCC[C@@]3(C)[C@@H]2CC1. The molecule has 22 heavy (non-hydrogen) atoms. The number of allylic oxidation sites excluding steroid dienone is 2. The maximum Gasteiger partial charge on any atom is 0.155 e. The number of hydrogen-bond donors (Lipinski definition) is 1. The average molecular weight is 304 g/mol. The Bertz CT molecular complexity index is 490. The van der Waals surface area contributed by atoms with Gasteiger partial charge in [0.1, 0.15) is 0 Å². The van der Waals surface area contributed by atoms with Crippen LogP contribution in [-0.4, -0.2) is 17.5 Å². The minimum atomic E-state index is -0.629. The lowest BCUT2D eigenvalue weighted by Crippen LogP contribution is -2.49. The summed E-state index contributed by atoms with van der Waals surface area (Å²) in [5.74, 6) is 1.06. The van der Waals surface area contributed by atoms with E-state index in [4.69, 9.17) is 4.74 Å². The van der Waals surface area contributed by atoms with Gasteiger partial charge >= 0.3 is 0 Å². The number of hydrogen-bond acceptors (Lipinski definition) is 2. The van der Waals surface area contributed by atoms with Crippen LogP contribution in [0.2, 0.25) is 0 Å². The maximum atomic E-state index is 10.5. The summed E-state index contributed by atoms with van der Waals surface area (Å²) in [5.41, 5.74) is 3.20. The molecule has 124 valence electrons. The second kappa shape index (κ2) is 5.49. The molecule has 2 fully saturated rings. The van der Waals surface area contributed by atoms with Crippen molar-refractivity contribution in [2.45, 2.75) is 78.6 Å². The Balaban J connectivity index is 2.05. The van der Waals surface area contributed by atoms with Crippen LogP contribution >= 0.6 is 0 Å². The van der Waals surface area contributed by atoms with Crippen molar-refractivity contribution in [3.63, 3.8) is 0 Å². The fourth-order valence-corrected chi connectivity index (χ4v) is 5.90. The van der Waals surface area contributed by atoms with Gasteiger partial charge in [-0.2, -0.15) is 0 Å². The lowest BCUT2D eigenvalue weighted by atomic mass is 9.49. The Morgan fingerprint density at radius 3 is 2.68 bits per heavy atom. The summed E-state index contributed by atoms with van der Waals surface area (Å²) in [7, 11) is 0. The van der Waals surface area contributed by atoms with Crippen LogP contribution < -0.4 is 0 Å². The first-order chi connectivity index (χ1) is 10.3. The standard InChI is InChI=1S/C20H32O2/c1-6-14-8-9-15-18(13(14)2)22-17(21)12-16-19(3,4)10-7-11-20(15,16)5/h6,15-18,21H,1,7-12H2,2-5H3/t15-,16-,17+,18-,20+/m1/s1. The summed E-state index contributed by atoms with van der Waals surface area (Å²) in [5, 5.41) is 10.5. The van der Waals surface area contributed by atoms with E-state index in [1.807, 2.05) is 6.08 Å². The molecule has 1 aliphatic heterocycles. The van der Waals surface area contributed by atoms with E-state index in [0.29, 0.717) is 17.3 Å². The molecule has 1 saturated carbocycles. The van der Waals surface area contributed by atoms with Crippen LogP contribution in [0.5, 0.6) is 0 Å². The molecular weight excluding hydrogens is 272 g/mol. The number of rotatable bonds is 1. The van der Waals surface area contributed by atoms with Crippen molar-refractivity contribution in [1.29, 1.82) is 0 Å². The van der Waals surface area contributed by atoms with Gasteiger partial charge in [-0.25, -0.2) is 0 Å². The molecule has 0 unspecified atom stereocenters. The minimum Gasteiger partial charge on any atom is -0.368 e. The highest BCUT2D eigenvalue weighted by Gasteiger charge is 2.55. The molecule has 5 atom stereocenters. The first-order valence-electron chi connectivity index (χ1n) is 8.95. The number of fused-ring (bicyclic) bond motifs is 3. The molecular formula is C20H32O2. The quantitative estimate of drug-likeness (QED) is 0.751. The molecule has 0 aromatic heterocycles. The van der Waals surface area contributed by atoms with Crippen LogP contribution in [0, 0.1) is 22.7 Å². The van der Waals surface area contributed by atoms with Gasteiger partial charge in [-0.05, 0) is 66.4 Å². The Morgan fingerprint density at radius 1 is 1.27 bits per heavy atom. The van der Waals surface area contributed by atoms with Crippen molar-refractivity contribution in [1.82, 2.24) is 0 Å². The third-order valence-corrected chi connectivity index (χ3v) is 7.13. The van der Waals surface area contributed by atoms with Crippen LogP contribution in [0.15, 0.2) is 23.8 Å². The fraction of sp³-hybridized carbons (Fsp3) is 0.800. The van der Waals surface area contributed by atoms with E-state index in [9.17, 15) is 5.11 Å². The summed E-state index contributed by atoms with van der Waals surface area (Å²) < 4.78 is 6.16. The van der Waals surface area contributed by atoms with Crippen LogP contribution in [0.1, 0.15) is 66.2 Å². The minimum absolute atomic E-state index is 0.0700. The molecule has 0 aromatic carbocycles. The normalized spacial score (nSPS) is 44.8. The molecule has 1 heterocycles. The number of aliphatic hydroxyl groups excluding tert-OH is 1. The van der Waals surface area contributed by atoms with E-state index < -0.39 is 6.29 Å². The molecule has 3 aliphatic rings. The van der Waals surface area contributed by atoms with Crippen LogP contribution in [0.4, 0.5) is 0 Å². The van der Waals surface area contributed by atoms with Gasteiger partial charge in [-0.15, -0.1) is 0 Å². The summed E-state index contributed by atoms with van der Waals surface area (Å²) in [6, 6.07) is 0. The molecule has 0 aromatic rings.